The first kappa shape index (κ1) is 15.7. The molecule has 1 unspecified atom stereocenters. The fourth-order valence-electron chi connectivity index (χ4n) is 1.52. The number of carbonyl (C=O) groups is 1. The topological polar surface area (TPSA) is 69.7 Å². The molecule has 1 aliphatic heterocycles. The van der Waals surface area contributed by atoms with E-state index in [1.54, 1.807) is 0 Å². The van der Waals surface area contributed by atoms with Crippen molar-refractivity contribution >= 4 is 17.2 Å². The number of ether oxygens (including phenoxy) is 1. The SMILES string of the molecule is O=C(OCc1ccccc1)N1CC(S(=O)[O-])C1.[H-].[Na+]. The van der Waals surface area contributed by atoms with Gasteiger partial charge in [-0.15, -0.1) is 0 Å². The molecule has 94 valence electrons. The second-order valence-corrected chi connectivity index (χ2v) is 5.02. The maximum Gasteiger partial charge on any atom is 1.00 e. The van der Waals surface area contributed by atoms with Gasteiger partial charge < -0.3 is 15.6 Å². The van der Waals surface area contributed by atoms with Gasteiger partial charge in [-0.25, -0.2) is 4.79 Å². The van der Waals surface area contributed by atoms with Crippen molar-refractivity contribution in [3.63, 3.8) is 0 Å². The molecule has 0 aromatic heterocycles. The van der Waals surface area contributed by atoms with E-state index in [2.05, 4.69) is 0 Å². The van der Waals surface area contributed by atoms with Gasteiger partial charge in [0.05, 0.1) is 5.25 Å². The molecule has 1 aromatic carbocycles. The summed E-state index contributed by atoms with van der Waals surface area (Å²) in [5.74, 6) is 0. The van der Waals surface area contributed by atoms with E-state index in [-0.39, 0.29) is 50.7 Å². The average molecular weight is 278 g/mol. The van der Waals surface area contributed by atoms with Crippen molar-refractivity contribution < 1.29 is 49.3 Å². The third-order valence-electron chi connectivity index (χ3n) is 2.58. The Hall–Kier alpha value is -0.400. The Bertz CT molecular complexity index is 428. The molecule has 1 saturated heterocycles. The fraction of sp³-hybridized carbons (Fsp3) is 0.364. The van der Waals surface area contributed by atoms with Gasteiger partial charge in [-0.1, -0.05) is 30.3 Å². The minimum absolute atomic E-state index is 0. The largest absolute Gasteiger partial charge is 1.00 e. The van der Waals surface area contributed by atoms with Crippen LogP contribution in [0, 0.1) is 0 Å². The molecule has 0 aliphatic carbocycles. The van der Waals surface area contributed by atoms with Crippen LogP contribution in [0.4, 0.5) is 4.79 Å². The van der Waals surface area contributed by atoms with Gasteiger partial charge in [-0.05, 0) is 16.6 Å². The Kier molecular flexibility index (Phi) is 6.31. The molecule has 5 nitrogen and oxygen atoms in total. The molecular weight excluding hydrogens is 265 g/mol. The molecule has 1 heterocycles. The summed E-state index contributed by atoms with van der Waals surface area (Å²) in [6, 6.07) is 9.33. The van der Waals surface area contributed by atoms with Crippen LogP contribution in [0.5, 0.6) is 0 Å². The van der Waals surface area contributed by atoms with E-state index in [0.29, 0.717) is 0 Å². The first-order valence-corrected chi connectivity index (χ1v) is 6.34. The minimum atomic E-state index is -2.10. The van der Waals surface area contributed by atoms with E-state index in [1.807, 2.05) is 30.3 Å². The van der Waals surface area contributed by atoms with Crippen LogP contribution in [-0.4, -0.2) is 38.1 Å². The molecule has 7 heteroatoms. The summed E-state index contributed by atoms with van der Waals surface area (Å²) in [4.78, 5) is 12.8. The van der Waals surface area contributed by atoms with E-state index in [4.69, 9.17) is 4.74 Å². The molecule has 0 radical (unpaired) electrons. The molecule has 18 heavy (non-hydrogen) atoms. The van der Waals surface area contributed by atoms with Crippen molar-refractivity contribution in [2.75, 3.05) is 13.1 Å². The Balaban J connectivity index is 0.00000162. The molecule has 1 fully saturated rings. The van der Waals surface area contributed by atoms with Crippen LogP contribution in [0.15, 0.2) is 30.3 Å². The molecule has 1 amide bonds. The van der Waals surface area contributed by atoms with E-state index in [0.717, 1.165) is 5.56 Å². The number of hydrogen-bond donors (Lipinski definition) is 0. The molecular formula is C11H13NNaO4S-. The van der Waals surface area contributed by atoms with Crippen LogP contribution in [0.1, 0.15) is 6.99 Å². The number of nitrogens with zero attached hydrogens (tertiary/aromatic N) is 1. The van der Waals surface area contributed by atoms with Crippen molar-refractivity contribution in [2.45, 2.75) is 11.9 Å². The summed E-state index contributed by atoms with van der Waals surface area (Å²) < 4.78 is 26.1. The zero-order chi connectivity index (χ0) is 12.3. The minimum Gasteiger partial charge on any atom is -1.00 e. The molecule has 0 saturated carbocycles. The molecule has 1 aliphatic rings. The molecule has 1 aromatic rings. The third kappa shape index (κ3) is 4.07. The average Bonchev–Trinajstić information content (AvgIpc) is 2.25. The van der Waals surface area contributed by atoms with Crippen LogP contribution >= 0.6 is 0 Å². The van der Waals surface area contributed by atoms with E-state index in [1.165, 1.54) is 4.90 Å². The summed E-state index contributed by atoms with van der Waals surface area (Å²) in [6.45, 7) is 0.661. The summed E-state index contributed by atoms with van der Waals surface area (Å²) in [7, 11) is 0. The number of likely N-dealkylation sites (tertiary alicyclic amines) is 1. The van der Waals surface area contributed by atoms with Gasteiger partial charge in [0.25, 0.3) is 0 Å². The fourth-order valence-corrected chi connectivity index (χ4v) is 2.12. The monoisotopic (exact) mass is 278 g/mol. The normalized spacial score (nSPS) is 16.4. The molecule has 2 rings (SSSR count). The molecule has 0 bridgehead atoms. The van der Waals surface area contributed by atoms with Gasteiger partial charge in [0.1, 0.15) is 6.61 Å². The van der Waals surface area contributed by atoms with Gasteiger partial charge in [0, 0.05) is 13.1 Å². The first-order chi connectivity index (χ1) is 8.16. The summed E-state index contributed by atoms with van der Waals surface area (Å²) in [6.07, 6.45) is -0.462. The number of carbonyl (C=O) groups excluding carboxylic acids is 1. The maximum atomic E-state index is 11.5. The number of hydrogen-bond acceptors (Lipinski definition) is 4. The number of benzene rings is 1. The van der Waals surface area contributed by atoms with Crippen molar-refractivity contribution in [1.29, 1.82) is 0 Å². The van der Waals surface area contributed by atoms with Crippen LogP contribution in [0.25, 0.3) is 0 Å². The standard InChI is InChI=1S/C11H13NO4S.Na.H/c13-11(12-6-10(7-12)17(14)15)16-8-9-4-2-1-3-5-9;;/h1-5,10H,6-8H2,(H,14,15);;/q;+1;-1/p-1. The molecule has 0 spiro atoms. The summed E-state index contributed by atoms with van der Waals surface area (Å²) >= 11 is -2.10. The van der Waals surface area contributed by atoms with Crippen molar-refractivity contribution in [3.8, 4) is 0 Å². The number of amides is 1. The van der Waals surface area contributed by atoms with Crippen LogP contribution in [0.3, 0.4) is 0 Å². The van der Waals surface area contributed by atoms with Crippen molar-refractivity contribution in [1.82, 2.24) is 4.90 Å². The second-order valence-electron chi connectivity index (χ2n) is 3.83. The molecule has 0 N–H and O–H groups in total. The maximum absolute atomic E-state index is 11.5. The van der Waals surface area contributed by atoms with Crippen LogP contribution in [-0.2, 0) is 22.4 Å². The predicted octanol–water partition coefficient (Wildman–Crippen LogP) is -2.00. The Labute approximate surface area is 132 Å². The summed E-state index contributed by atoms with van der Waals surface area (Å²) in [5, 5.41) is -0.445. The van der Waals surface area contributed by atoms with Crippen LogP contribution in [0.2, 0.25) is 0 Å². The smallest absolute Gasteiger partial charge is 1.00 e. The van der Waals surface area contributed by atoms with Gasteiger partial charge >= 0.3 is 35.7 Å². The van der Waals surface area contributed by atoms with Crippen LogP contribution < -0.4 is 29.6 Å². The van der Waals surface area contributed by atoms with Gasteiger partial charge in [0.15, 0.2) is 0 Å². The Morgan fingerprint density at radius 2 is 2.06 bits per heavy atom. The van der Waals surface area contributed by atoms with E-state index >= 15 is 0 Å². The third-order valence-corrected chi connectivity index (χ3v) is 3.43. The second kappa shape index (κ2) is 7.25. The zero-order valence-electron chi connectivity index (χ0n) is 11.1. The van der Waals surface area contributed by atoms with Gasteiger partial charge in [-0.2, -0.15) is 0 Å². The Morgan fingerprint density at radius 1 is 1.44 bits per heavy atom. The number of rotatable bonds is 3. The predicted molar refractivity (Wildman–Crippen MR) is 62.0 cm³/mol. The first-order valence-electron chi connectivity index (χ1n) is 5.20. The zero-order valence-corrected chi connectivity index (χ0v) is 12.9. The van der Waals surface area contributed by atoms with E-state index in [9.17, 15) is 13.6 Å². The molecule has 1 atom stereocenters. The van der Waals surface area contributed by atoms with E-state index < -0.39 is 22.4 Å². The summed E-state index contributed by atoms with van der Waals surface area (Å²) in [5.41, 5.74) is 0.908. The van der Waals surface area contributed by atoms with Crippen molar-refractivity contribution in [2.24, 2.45) is 0 Å². The van der Waals surface area contributed by atoms with Gasteiger partial charge in [0.2, 0.25) is 0 Å². The van der Waals surface area contributed by atoms with Crippen molar-refractivity contribution in [3.05, 3.63) is 35.9 Å². The quantitative estimate of drug-likeness (QED) is 0.474. The van der Waals surface area contributed by atoms with Gasteiger partial charge in [-0.3, -0.25) is 4.21 Å². The Morgan fingerprint density at radius 3 is 2.61 bits per heavy atom.